The summed E-state index contributed by atoms with van der Waals surface area (Å²) in [6.07, 6.45) is -0.414. The fourth-order valence-electron chi connectivity index (χ4n) is 1.80. The molecule has 0 atom stereocenters. The lowest BCUT2D eigenvalue weighted by Gasteiger charge is -2.24. The number of carbonyl (C=O) groups excluding carboxylic acids is 2. The van der Waals surface area contributed by atoms with E-state index in [-0.39, 0.29) is 5.69 Å². The van der Waals surface area contributed by atoms with Crippen LogP contribution in [0.3, 0.4) is 0 Å². The minimum absolute atomic E-state index is 0.191. The lowest BCUT2D eigenvalue weighted by Crippen LogP contribution is -2.33. The molecule has 0 aliphatic carbocycles. The van der Waals surface area contributed by atoms with Crippen molar-refractivity contribution < 1.29 is 14.3 Å². The molecule has 1 aromatic rings. The van der Waals surface area contributed by atoms with E-state index >= 15 is 0 Å². The second-order valence-corrected chi connectivity index (χ2v) is 5.23. The number of amides is 2. The van der Waals surface area contributed by atoms with Gasteiger partial charge in [0, 0.05) is 5.56 Å². The smallest absolute Gasteiger partial charge is 0.410 e. The maximum Gasteiger partial charge on any atom is 0.410 e. The fraction of sp³-hybridized carbons (Fsp3) is 0.545. The number of ether oxygens (including phenoxy) is 1. The van der Waals surface area contributed by atoms with Crippen molar-refractivity contribution in [3.05, 3.63) is 17.0 Å². The SMILES string of the molecule is CC(C)(C)OC(=O)N1Cc2[nH]nc(C(N)=O)c2C1. The number of hydrogen-bond acceptors (Lipinski definition) is 4. The summed E-state index contributed by atoms with van der Waals surface area (Å²) < 4.78 is 5.26. The largest absolute Gasteiger partial charge is 0.444 e. The van der Waals surface area contributed by atoms with Crippen molar-refractivity contribution in [3.63, 3.8) is 0 Å². The molecule has 0 fully saturated rings. The predicted molar refractivity (Wildman–Crippen MR) is 62.6 cm³/mol. The molecule has 0 unspecified atom stereocenters. The standard InChI is InChI=1S/C11H16N4O3/c1-11(2,3)18-10(17)15-4-6-7(5-15)13-14-8(6)9(12)16/h4-5H2,1-3H3,(H2,12,16)(H,13,14). The van der Waals surface area contributed by atoms with Crippen molar-refractivity contribution >= 4 is 12.0 Å². The van der Waals surface area contributed by atoms with Gasteiger partial charge < -0.3 is 10.5 Å². The van der Waals surface area contributed by atoms with Crippen LogP contribution >= 0.6 is 0 Å². The third-order valence-corrected chi connectivity index (χ3v) is 2.54. The second kappa shape index (κ2) is 4.01. The van der Waals surface area contributed by atoms with Crippen LogP contribution in [0.5, 0.6) is 0 Å². The molecule has 2 amide bonds. The predicted octanol–water partition coefficient (Wildman–Crippen LogP) is 0.759. The molecule has 1 aliphatic rings. The van der Waals surface area contributed by atoms with Gasteiger partial charge >= 0.3 is 6.09 Å². The summed E-state index contributed by atoms with van der Waals surface area (Å²) in [5, 5.41) is 6.54. The molecule has 98 valence electrons. The Kier molecular flexibility index (Phi) is 2.76. The van der Waals surface area contributed by atoms with Crippen LogP contribution in [-0.4, -0.2) is 32.7 Å². The Morgan fingerprint density at radius 3 is 2.61 bits per heavy atom. The molecule has 7 nitrogen and oxygen atoms in total. The maximum atomic E-state index is 11.9. The van der Waals surface area contributed by atoms with E-state index < -0.39 is 17.6 Å². The molecule has 3 N–H and O–H groups in total. The van der Waals surface area contributed by atoms with Crippen molar-refractivity contribution in [3.8, 4) is 0 Å². The Balaban J connectivity index is 2.11. The van der Waals surface area contributed by atoms with E-state index in [1.807, 2.05) is 0 Å². The minimum Gasteiger partial charge on any atom is -0.444 e. The number of nitrogens with zero attached hydrogens (tertiary/aromatic N) is 2. The third-order valence-electron chi connectivity index (χ3n) is 2.54. The van der Waals surface area contributed by atoms with E-state index in [1.54, 1.807) is 20.8 Å². The van der Waals surface area contributed by atoms with Gasteiger partial charge in [-0.3, -0.25) is 14.8 Å². The summed E-state index contributed by atoms with van der Waals surface area (Å²) in [5.41, 5.74) is 6.25. The molecule has 2 rings (SSSR count). The molecule has 2 heterocycles. The molecule has 7 heteroatoms. The average molecular weight is 252 g/mol. The van der Waals surface area contributed by atoms with Gasteiger partial charge in [-0.05, 0) is 20.8 Å². The van der Waals surface area contributed by atoms with Gasteiger partial charge in [0.1, 0.15) is 5.60 Å². The van der Waals surface area contributed by atoms with Crippen molar-refractivity contribution in [2.45, 2.75) is 39.5 Å². The number of carbonyl (C=O) groups is 2. The number of aromatic amines is 1. The third kappa shape index (κ3) is 2.29. The van der Waals surface area contributed by atoms with Crippen LogP contribution in [0, 0.1) is 0 Å². The summed E-state index contributed by atoms with van der Waals surface area (Å²) in [6, 6.07) is 0. The van der Waals surface area contributed by atoms with Crippen LogP contribution in [0.25, 0.3) is 0 Å². The van der Waals surface area contributed by atoms with Crippen molar-refractivity contribution in [2.24, 2.45) is 5.73 Å². The first kappa shape index (κ1) is 12.4. The molecule has 0 bridgehead atoms. The zero-order chi connectivity index (χ0) is 13.5. The highest BCUT2D eigenvalue weighted by Gasteiger charge is 2.32. The highest BCUT2D eigenvalue weighted by atomic mass is 16.6. The molecular weight excluding hydrogens is 236 g/mol. The minimum atomic E-state index is -0.599. The zero-order valence-corrected chi connectivity index (χ0v) is 10.6. The first-order chi connectivity index (χ1) is 8.28. The average Bonchev–Trinajstić information content (AvgIpc) is 2.70. The number of H-pyrrole nitrogens is 1. The number of nitrogens with one attached hydrogen (secondary N) is 1. The topological polar surface area (TPSA) is 101 Å². The molecule has 1 aromatic heterocycles. The molecule has 0 saturated carbocycles. The Morgan fingerprint density at radius 2 is 2.06 bits per heavy atom. The van der Waals surface area contributed by atoms with Crippen LogP contribution < -0.4 is 5.73 Å². The van der Waals surface area contributed by atoms with Crippen molar-refractivity contribution in [1.82, 2.24) is 15.1 Å². The van der Waals surface area contributed by atoms with E-state index in [2.05, 4.69) is 10.2 Å². The van der Waals surface area contributed by atoms with Crippen molar-refractivity contribution in [1.29, 1.82) is 0 Å². The van der Waals surface area contributed by atoms with Crippen molar-refractivity contribution in [2.75, 3.05) is 0 Å². The summed E-state index contributed by atoms with van der Waals surface area (Å²) in [4.78, 5) is 24.5. The van der Waals surface area contributed by atoms with E-state index in [0.29, 0.717) is 18.7 Å². The summed E-state index contributed by atoms with van der Waals surface area (Å²) in [5.74, 6) is -0.599. The van der Waals surface area contributed by atoms with Crippen LogP contribution in [0.2, 0.25) is 0 Å². The van der Waals surface area contributed by atoms with E-state index in [1.165, 1.54) is 4.90 Å². The quantitative estimate of drug-likeness (QED) is 0.770. The molecule has 0 aromatic carbocycles. The first-order valence-electron chi connectivity index (χ1n) is 5.62. The van der Waals surface area contributed by atoms with Gasteiger partial charge in [0.2, 0.25) is 0 Å². The lowest BCUT2D eigenvalue weighted by atomic mass is 10.2. The lowest BCUT2D eigenvalue weighted by molar-refractivity contribution is 0.0239. The Morgan fingerprint density at radius 1 is 1.39 bits per heavy atom. The highest BCUT2D eigenvalue weighted by Crippen LogP contribution is 2.25. The zero-order valence-electron chi connectivity index (χ0n) is 10.6. The Labute approximate surface area is 104 Å². The van der Waals surface area contributed by atoms with Gasteiger partial charge in [-0.25, -0.2) is 4.79 Å². The van der Waals surface area contributed by atoms with Crippen LogP contribution in [0.4, 0.5) is 4.79 Å². The van der Waals surface area contributed by atoms with E-state index in [4.69, 9.17) is 10.5 Å². The van der Waals surface area contributed by atoms with Crippen LogP contribution in [0.1, 0.15) is 42.5 Å². The summed E-state index contributed by atoms with van der Waals surface area (Å²) in [6.45, 7) is 6.05. The number of hydrogen-bond donors (Lipinski definition) is 2. The summed E-state index contributed by atoms with van der Waals surface area (Å²) in [7, 11) is 0. The normalized spacial score (nSPS) is 14.5. The monoisotopic (exact) mass is 252 g/mol. The van der Waals surface area contributed by atoms with Gasteiger partial charge in [0.25, 0.3) is 5.91 Å². The molecule has 18 heavy (non-hydrogen) atoms. The first-order valence-corrected chi connectivity index (χ1v) is 5.62. The van der Waals surface area contributed by atoms with E-state index in [0.717, 1.165) is 5.69 Å². The van der Waals surface area contributed by atoms with Gasteiger partial charge in [-0.2, -0.15) is 5.10 Å². The molecule has 0 radical (unpaired) electrons. The highest BCUT2D eigenvalue weighted by molar-refractivity contribution is 5.92. The molecular formula is C11H16N4O3. The number of primary amides is 1. The van der Waals surface area contributed by atoms with Gasteiger partial charge in [-0.1, -0.05) is 0 Å². The number of aromatic nitrogens is 2. The molecule has 0 spiro atoms. The molecule has 0 saturated heterocycles. The maximum absolute atomic E-state index is 11.9. The van der Waals surface area contributed by atoms with Gasteiger partial charge in [-0.15, -0.1) is 0 Å². The Bertz CT molecular complexity index is 501. The van der Waals surface area contributed by atoms with Crippen LogP contribution in [-0.2, 0) is 17.8 Å². The fourth-order valence-corrected chi connectivity index (χ4v) is 1.80. The number of nitrogens with two attached hydrogens (primary N) is 1. The number of fused-ring (bicyclic) bond motifs is 1. The van der Waals surface area contributed by atoms with Crippen LogP contribution in [0.15, 0.2) is 0 Å². The van der Waals surface area contributed by atoms with Gasteiger partial charge in [0.15, 0.2) is 5.69 Å². The number of rotatable bonds is 1. The van der Waals surface area contributed by atoms with Gasteiger partial charge in [0.05, 0.1) is 18.8 Å². The second-order valence-electron chi connectivity index (χ2n) is 5.23. The van der Waals surface area contributed by atoms with E-state index in [9.17, 15) is 9.59 Å². The Hall–Kier alpha value is -2.05. The summed E-state index contributed by atoms with van der Waals surface area (Å²) >= 11 is 0. The molecule has 1 aliphatic heterocycles.